The SMILES string of the molecule is O=C(CNS(=O)(=O)c1ccccc1)NCC(c1ccccc1)c1c[nH]c2ccccc12. The monoisotopic (exact) mass is 433 g/mol. The van der Waals surface area contributed by atoms with Crippen LogP contribution in [0.15, 0.2) is 96.0 Å². The van der Waals surface area contributed by atoms with E-state index in [1.165, 1.54) is 12.1 Å². The van der Waals surface area contributed by atoms with Crippen LogP contribution in [0.5, 0.6) is 0 Å². The Morgan fingerprint density at radius 3 is 2.26 bits per heavy atom. The molecule has 1 amide bonds. The molecule has 0 saturated carbocycles. The van der Waals surface area contributed by atoms with Crippen LogP contribution in [0.4, 0.5) is 0 Å². The van der Waals surface area contributed by atoms with Gasteiger partial charge in [-0.1, -0.05) is 66.7 Å². The highest BCUT2D eigenvalue weighted by atomic mass is 32.2. The molecule has 4 rings (SSSR count). The number of rotatable bonds is 8. The van der Waals surface area contributed by atoms with Crippen molar-refractivity contribution in [2.75, 3.05) is 13.1 Å². The number of hydrogen-bond acceptors (Lipinski definition) is 3. The molecule has 158 valence electrons. The Labute approximate surface area is 181 Å². The number of fused-ring (bicyclic) bond motifs is 1. The Balaban J connectivity index is 1.48. The first-order valence-electron chi connectivity index (χ1n) is 9.97. The van der Waals surface area contributed by atoms with Crippen LogP contribution < -0.4 is 10.0 Å². The molecule has 31 heavy (non-hydrogen) atoms. The van der Waals surface area contributed by atoms with E-state index in [1.54, 1.807) is 18.2 Å². The van der Waals surface area contributed by atoms with Crippen LogP contribution >= 0.6 is 0 Å². The first-order chi connectivity index (χ1) is 15.0. The van der Waals surface area contributed by atoms with Crippen LogP contribution in [-0.2, 0) is 14.8 Å². The van der Waals surface area contributed by atoms with Gasteiger partial charge in [-0.05, 0) is 29.3 Å². The fourth-order valence-corrected chi connectivity index (χ4v) is 4.60. The average molecular weight is 434 g/mol. The second kappa shape index (κ2) is 9.16. The molecule has 0 saturated heterocycles. The Morgan fingerprint density at radius 2 is 1.52 bits per heavy atom. The van der Waals surface area contributed by atoms with Crippen molar-refractivity contribution in [3.8, 4) is 0 Å². The molecule has 6 nitrogen and oxygen atoms in total. The molecule has 0 aliphatic carbocycles. The molecule has 4 aromatic rings. The molecule has 3 aromatic carbocycles. The number of amides is 1. The zero-order chi connectivity index (χ0) is 21.7. The van der Waals surface area contributed by atoms with Crippen molar-refractivity contribution in [3.05, 3.63) is 102 Å². The molecule has 3 N–H and O–H groups in total. The van der Waals surface area contributed by atoms with E-state index < -0.39 is 10.0 Å². The highest BCUT2D eigenvalue weighted by Gasteiger charge is 2.20. The molecule has 1 atom stereocenters. The summed E-state index contributed by atoms with van der Waals surface area (Å²) in [5, 5.41) is 3.97. The third-order valence-corrected chi connectivity index (χ3v) is 6.60. The van der Waals surface area contributed by atoms with Crippen LogP contribution in [0.3, 0.4) is 0 Å². The van der Waals surface area contributed by atoms with Gasteiger partial charge in [0.25, 0.3) is 0 Å². The van der Waals surface area contributed by atoms with Gasteiger partial charge in [0.15, 0.2) is 0 Å². The van der Waals surface area contributed by atoms with Crippen molar-refractivity contribution in [2.24, 2.45) is 0 Å². The third-order valence-electron chi connectivity index (χ3n) is 5.18. The molecule has 0 aliphatic heterocycles. The van der Waals surface area contributed by atoms with Gasteiger partial charge in [0, 0.05) is 29.6 Å². The minimum atomic E-state index is -3.73. The minimum Gasteiger partial charge on any atom is -0.361 e. The van der Waals surface area contributed by atoms with Crippen molar-refractivity contribution < 1.29 is 13.2 Å². The summed E-state index contributed by atoms with van der Waals surface area (Å²) in [5.41, 5.74) is 3.17. The van der Waals surface area contributed by atoms with Gasteiger partial charge >= 0.3 is 0 Å². The Bertz CT molecular complexity index is 1270. The van der Waals surface area contributed by atoms with E-state index in [0.717, 1.165) is 22.0 Å². The Kier molecular flexibility index (Phi) is 6.16. The second-order valence-corrected chi connectivity index (χ2v) is 8.96. The maximum atomic E-state index is 12.4. The molecule has 7 heteroatoms. The summed E-state index contributed by atoms with van der Waals surface area (Å²) < 4.78 is 27.0. The maximum absolute atomic E-state index is 12.4. The summed E-state index contributed by atoms with van der Waals surface area (Å²) in [6.07, 6.45) is 1.96. The van der Waals surface area contributed by atoms with E-state index in [0.29, 0.717) is 6.54 Å². The molecular formula is C24H23N3O3S. The lowest BCUT2D eigenvalue weighted by atomic mass is 9.91. The van der Waals surface area contributed by atoms with E-state index in [1.807, 2.05) is 60.8 Å². The predicted molar refractivity (Wildman–Crippen MR) is 121 cm³/mol. The molecule has 1 heterocycles. The summed E-state index contributed by atoms with van der Waals surface area (Å²) in [5.74, 6) is -0.465. The molecule has 0 aliphatic rings. The summed E-state index contributed by atoms with van der Waals surface area (Å²) in [4.78, 5) is 15.9. The van der Waals surface area contributed by atoms with Gasteiger partial charge in [-0.2, -0.15) is 0 Å². The maximum Gasteiger partial charge on any atom is 0.241 e. The zero-order valence-electron chi connectivity index (χ0n) is 16.8. The van der Waals surface area contributed by atoms with E-state index in [4.69, 9.17) is 0 Å². The van der Waals surface area contributed by atoms with E-state index in [9.17, 15) is 13.2 Å². The number of H-pyrrole nitrogens is 1. The Morgan fingerprint density at radius 1 is 0.871 bits per heavy atom. The number of hydrogen-bond donors (Lipinski definition) is 3. The van der Waals surface area contributed by atoms with Gasteiger partial charge in [-0.15, -0.1) is 0 Å². The number of nitrogens with one attached hydrogen (secondary N) is 3. The standard InChI is InChI=1S/C24H23N3O3S/c28-24(17-27-31(29,30)19-11-5-2-6-12-19)26-15-21(18-9-3-1-4-10-18)22-16-25-23-14-8-7-13-20(22)23/h1-14,16,21,25,27H,15,17H2,(H,26,28). The summed E-state index contributed by atoms with van der Waals surface area (Å²) in [6, 6.07) is 25.9. The van der Waals surface area contributed by atoms with E-state index >= 15 is 0 Å². The predicted octanol–water partition coefficient (Wildman–Crippen LogP) is 3.39. The highest BCUT2D eigenvalue weighted by molar-refractivity contribution is 7.89. The lowest BCUT2D eigenvalue weighted by molar-refractivity contribution is -0.119. The smallest absolute Gasteiger partial charge is 0.241 e. The number of carbonyl (C=O) groups excluding carboxylic acids is 1. The van der Waals surface area contributed by atoms with E-state index in [2.05, 4.69) is 15.0 Å². The lowest BCUT2D eigenvalue weighted by Gasteiger charge is -2.18. The summed E-state index contributed by atoms with van der Waals surface area (Å²) in [6.45, 7) is 0.0182. The zero-order valence-corrected chi connectivity index (χ0v) is 17.6. The average Bonchev–Trinajstić information content (AvgIpc) is 3.23. The number of aromatic amines is 1. The third kappa shape index (κ3) is 4.84. The Hall–Kier alpha value is -3.42. The van der Waals surface area contributed by atoms with Crippen LogP contribution in [-0.4, -0.2) is 32.4 Å². The first-order valence-corrected chi connectivity index (χ1v) is 11.5. The number of carbonyl (C=O) groups is 1. The van der Waals surface area contributed by atoms with Crippen LogP contribution in [0.2, 0.25) is 0 Å². The molecule has 0 fully saturated rings. The lowest BCUT2D eigenvalue weighted by Crippen LogP contribution is -2.38. The number of aromatic nitrogens is 1. The van der Waals surface area contributed by atoms with Crippen molar-refractivity contribution in [1.29, 1.82) is 0 Å². The molecule has 0 bridgehead atoms. The molecule has 1 aromatic heterocycles. The summed E-state index contributed by atoms with van der Waals surface area (Å²) >= 11 is 0. The van der Waals surface area contributed by atoms with Gasteiger partial charge in [0.05, 0.1) is 11.4 Å². The highest BCUT2D eigenvalue weighted by Crippen LogP contribution is 2.30. The summed E-state index contributed by atoms with van der Waals surface area (Å²) in [7, 11) is -3.73. The van der Waals surface area contributed by atoms with Crippen molar-refractivity contribution in [1.82, 2.24) is 15.0 Å². The van der Waals surface area contributed by atoms with Crippen LogP contribution in [0.1, 0.15) is 17.0 Å². The van der Waals surface area contributed by atoms with Gasteiger partial charge in [0.1, 0.15) is 0 Å². The fourth-order valence-electron chi connectivity index (χ4n) is 3.60. The van der Waals surface area contributed by atoms with Gasteiger partial charge in [0.2, 0.25) is 15.9 Å². The number of sulfonamides is 1. The van der Waals surface area contributed by atoms with Crippen LogP contribution in [0, 0.1) is 0 Å². The second-order valence-electron chi connectivity index (χ2n) is 7.19. The number of benzene rings is 3. The quantitative estimate of drug-likeness (QED) is 0.398. The molecule has 0 spiro atoms. The molecule has 0 radical (unpaired) electrons. The van der Waals surface area contributed by atoms with Crippen LogP contribution in [0.25, 0.3) is 10.9 Å². The largest absolute Gasteiger partial charge is 0.361 e. The van der Waals surface area contributed by atoms with Crippen molar-refractivity contribution in [3.63, 3.8) is 0 Å². The topological polar surface area (TPSA) is 91.1 Å². The molecular weight excluding hydrogens is 410 g/mol. The first kappa shape index (κ1) is 20.8. The van der Waals surface area contributed by atoms with Crippen molar-refractivity contribution in [2.45, 2.75) is 10.8 Å². The van der Waals surface area contributed by atoms with Gasteiger partial charge in [-0.25, -0.2) is 13.1 Å². The fraction of sp³-hybridized carbons (Fsp3) is 0.125. The normalized spacial score (nSPS) is 12.5. The number of para-hydroxylation sites is 1. The molecule has 1 unspecified atom stereocenters. The van der Waals surface area contributed by atoms with Crippen molar-refractivity contribution >= 4 is 26.8 Å². The van der Waals surface area contributed by atoms with E-state index in [-0.39, 0.29) is 23.3 Å². The minimum absolute atomic E-state index is 0.0768. The van der Waals surface area contributed by atoms with Gasteiger partial charge in [-0.3, -0.25) is 4.79 Å². The van der Waals surface area contributed by atoms with Gasteiger partial charge < -0.3 is 10.3 Å².